The minimum atomic E-state index is -0.166. The Morgan fingerprint density at radius 1 is 1.04 bits per heavy atom. The third-order valence-electron chi connectivity index (χ3n) is 4.35. The molecule has 0 aromatic heterocycles. The van der Waals surface area contributed by atoms with Gasteiger partial charge in [-0.25, -0.2) is 5.01 Å². The molecule has 1 amide bonds. The number of hydrogen-bond acceptors (Lipinski definition) is 4. The summed E-state index contributed by atoms with van der Waals surface area (Å²) in [5.41, 5.74) is 2.75. The number of hydrogen-bond donors (Lipinski definition) is 0. The average Bonchev–Trinajstić information content (AvgIpc) is 3.11. The predicted octanol–water partition coefficient (Wildman–Crippen LogP) is 4.07. The number of rotatable bonds is 5. The average molecular weight is 350 g/mol. The van der Waals surface area contributed by atoms with E-state index in [4.69, 9.17) is 9.47 Å². The first kappa shape index (κ1) is 17.7. The van der Waals surface area contributed by atoms with Crippen LogP contribution in [-0.2, 0) is 4.79 Å². The molecular weight excluding hydrogens is 328 g/mol. The number of amides is 1. The zero-order chi connectivity index (χ0) is 18.5. The number of nitrogens with zero attached hydrogens (tertiary/aromatic N) is 2. The minimum Gasteiger partial charge on any atom is -0.496 e. The first-order chi connectivity index (χ1) is 12.6. The molecule has 0 radical (unpaired) electrons. The molecule has 0 spiro atoms. The second kappa shape index (κ2) is 7.87. The van der Waals surface area contributed by atoms with E-state index in [1.54, 1.807) is 14.2 Å². The molecule has 1 aliphatic heterocycles. The van der Waals surface area contributed by atoms with Gasteiger partial charge < -0.3 is 9.47 Å². The van der Waals surface area contributed by atoms with Crippen molar-refractivity contribution in [3.8, 4) is 11.5 Å². The van der Waals surface area contributed by atoms with Crippen molar-refractivity contribution in [2.75, 3.05) is 14.2 Å². The van der Waals surface area contributed by atoms with E-state index in [0.29, 0.717) is 6.42 Å². The van der Waals surface area contributed by atoms with Gasteiger partial charge in [-0.2, -0.15) is 5.10 Å². The van der Waals surface area contributed by atoms with Crippen molar-refractivity contribution in [3.63, 3.8) is 0 Å². The van der Waals surface area contributed by atoms with Gasteiger partial charge in [0.2, 0.25) is 5.91 Å². The topological polar surface area (TPSA) is 51.1 Å². The number of para-hydroxylation sites is 2. The Labute approximate surface area is 153 Å². The molecule has 3 rings (SSSR count). The molecule has 1 atom stereocenters. The van der Waals surface area contributed by atoms with Gasteiger partial charge in [0.15, 0.2) is 0 Å². The molecular formula is C21H22N2O3. The van der Waals surface area contributed by atoms with Gasteiger partial charge in [0.1, 0.15) is 11.5 Å². The Balaban J connectivity index is 1.87. The van der Waals surface area contributed by atoms with Crippen LogP contribution in [0.2, 0.25) is 0 Å². The SMILES string of the molecule is COc1ccccc1/C=C/C1=NN(C(C)=O)C(c2ccccc2OC)C1. The molecule has 0 fully saturated rings. The summed E-state index contributed by atoms with van der Waals surface area (Å²) in [7, 11) is 3.28. The van der Waals surface area contributed by atoms with E-state index < -0.39 is 0 Å². The van der Waals surface area contributed by atoms with Crippen molar-refractivity contribution in [2.24, 2.45) is 5.10 Å². The lowest BCUT2D eigenvalue weighted by Gasteiger charge is -2.22. The number of carbonyl (C=O) groups is 1. The van der Waals surface area contributed by atoms with Gasteiger partial charge in [-0.15, -0.1) is 0 Å². The maximum Gasteiger partial charge on any atom is 0.240 e. The maximum absolute atomic E-state index is 12.1. The molecule has 5 nitrogen and oxygen atoms in total. The largest absolute Gasteiger partial charge is 0.496 e. The van der Waals surface area contributed by atoms with Crippen LogP contribution in [0.1, 0.15) is 30.5 Å². The molecule has 2 aromatic carbocycles. The molecule has 26 heavy (non-hydrogen) atoms. The Hall–Kier alpha value is -3.08. The lowest BCUT2D eigenvalue weighted by Crippen LogP contribution is -2.24. The van der Waals surface area contributed by atoms with E-state index in [2.05, 4.69) is 5.10 Å². The number of hydrazone groups is 1. The molecule has 1 unspecified atom stereocenters. The molecule has 0 bridgehead atoms. The summed E-state index contributed by atoms with van der Waals surface area (Å²) in [5, 5.41) is 6.04. The Morgan fingerprint density at radius 3 is 2.38 bits per heavy atom. The van der Waals surface area contributed by atoms with Gasteiger partial charge in [0.05, 0.1) is 26.0 Å². The zero-order valence-corrected chi connectivity index (χ0v) is 15.2. The molecule has 0 aliphatic carbocycles. The first-order valence-corrected chi connectivity index (χ1v) is 8.45. The lowest BCUT2D eigenvalue weighted by molar-refractivity contribution is -0.130. The molecule has 0 saturated heterocycles. The molecule has 1 aliphatic rings. The fourth-order valence-electron chi connectivity index (χ4n) is 3.10. The summed E-state index contributed by atoms with van der Waals surface area (Å²) in [6.45, 7) is 1.53. The highest BCUT2D eigenvalue weighted by molar-refractivity contribution is 6.01. The van der Waals surface area contributed by atoms with Crippen LogP contribution >= 0.6 is 0 Å². The predicted molar refractivity (Wildman–Crippen MR) is 102 cm³/mol. The fourth-order valence-corrected chi connectivity index (χ4v) is 3.10. The minimum absolute atomic E-state index is 0.0957. The number of allylic oxidation sites excluding steroid dienone is 1. The van der Waals surface area contributed by atoms with Crippen LogP contribution in [0.4, 0.5) is 0 Å². The number of ether oxygens (including phenoxy) is 2. The summed E-state index contributed by atoms with van der Waals surface area (Å²) < 4.78 is 10.8. The zero-order valence-electron chi connectivity index (χ0n) is 15.2. The molecule has 2 aromatic rings. The highest BCUT2D eigenvalue weighted by atomic mass is 16.5. The highest BCUT2D eigenvalue weighted by Crippen LogP contribution is 2.36. The van der Waals surface area contributed by atoms with Crippen molar-refractivity contribution in [1.82, 2.24) is 5.01 Å². The van der Waals surface area contributed by atoms with E-state index in [-0.39, 0.29) is 11.9 Å². The second-order valence-electron chi connectivity index (χ2n) is 5.99. The van der Waals surface area contributed by atoms with Crippen LogP contribution in [0.25, 0.3) is 6.08 Å². The lowest BCUT2D eigenvalue weighted by atomic mass is 10.00. The molecule has 1 heterocycles. The van der Waals surface area contributed by atoms with Crippen LogP contribution in [0, 0.1) is 0 Å². The van der Waals surface area contributed by atoms with Gasteiger partial charge in [-0.3, -0.25) is 4.79 Å². The van der Waals surface area contributed by atoms with Crippen molar-refractivity contribution >= 4 is 17.7 Å². The van der Waals surface area contributed by atoms with Crippen molar-refractivity contribution in [2.45, 2.75) is 19.4 Å². The monoisotopic (exact) mass is 350 g/mol. The summed E-state index contributed by atoms with van der Waals surface area (Å²) in [6, 6.07) is 15.3. The van der Waals surface area contributed by atoms with Crippen LogP contribution in [0.5, 0.6) is 11.5 Å². The van der Waals surface area contributed by atoms with E-state index in [0.717, 1.165) is 28.3 Å². The van der Waals surface area contributed by atoms with Gasteiger partial charge in [-0.1, -0.05) is 36.4 Å². The van der Waals surface area contributed by atoms with E-state index in [1.807, 2.05) is 60.7 Å². The van der Waals surface area contributed by atoms with Crippen LogP contribution in [-0.4, -0.2) is 30.8 Å². The van der Waals surface area contributed by atoms with E-state index >= 15 is 0 Å². The number of methoxy groups -OCH3 is 2. The van der Waals surface area contributed by atoms with Crippen LogP contribution < -0.4 is 9.47 Å². The quantitative estimate of drug-likeness (QED) is 0.817. The third kappa shape index (κ3) is 3.61. The van der Waals surface area contributed by atoms with Crippen molar-refractivity contribution in [3.05, 3.63) is 65.7 Å². The van der Waals surface area contributed by atoms with Gasteiger partial charge in [0.25, 0.3) is 0 Å². The van der Waals surface area contributed by atoms with Crippen LogP contribution in [0.3, 0.4) is 0 Å². The van der Waals surface area contributed by atoms with Gasteiger partial charge in [0, 0.05) is 24.5 Å². The molecule has 5 heteroatoms. The molecule has 0 saturated carbocycles. The highest BCUT2D eigenvalue weighted by Gasteiger charge is 2.31. The van der Waals surface area contributed by atoms with E-state index in [9.17, 15) is 4.79 Å². The molecule has 134 valence electrons. The fraction of sp³-hybridized carbons (Fsp3) is 0.238. The van der Waals surface area contributed by atoms with Gasteiger partial charge in [-0.05, 0) is 24.3 Å². The summed E-state index contributed by atoms with van der Waals surface area (Å²) in [6.07, 6.45) is 4.52. The van der Waals surface area contributed by atoms with Crippen LogP contribution in [0.15, 0.2) is 59.7 Å². The van der Waals surface area contributed by atoms with Gasteiger partial charge >= 0.3 is 0 Å². The first-order valence-electron chi connectivity index (χ1n) is 8.45. The van der Waals surface area contributed by atoms with E-state index in [1.165, 1.54) is 11.9 Å². The second-order valence-corrected chi connectivity index (χ2v) is 5.99. The summed E-state index contributed by atoms with van der Waals surface area (Å²) >= 11 is 0. The smallest absolute Gasteiger partial charge is 0.240 e. The third-order valence-corrected chi connectivity index (χ3v) is 4.35. The standard InChI is InChI=1S/C21H22N2O3/c1-15(24)23-19(18-9-5-7-11-21(18)26-3)14-17(22-23)13-12-16-8-4-6-10-20(16)25-2/h4-13,19H,14H2,1-3H3/b13-12+. The van der Waals surface area contributed by atoms with Crippen molar-refractivity contribution < 1.29 is 14.3 Å². The Bertz CT molecular complexity index is 858. The Morgan fingerprint density at radius 2 is 1.69 bits per heavy atom. The Kier molecular flexibility index (Phi) is 5.37. The summed E-state index contributed by atoms with van der Waals surface area (Å²) in [4.78, 5) is 12.1. The maximum atomic E-state index is 12.1. The van der Waals surface area contributed by atoms with Crippen molar-refractivity contribution in [1.29, 1.82) is 0 Å². The summed E-state index contributed by atoms with van der Waals surface area (Å²) in [5.74, 6) is 1.46. The molecule has 0 N–H and O–H groups in total. The number of benzene rings is 2. The number of carbonyl (C=O) groups excluding carboxylic acids is 1. The normalized spacial score (nSPS) is 16.7.